The van der Waals surface area contributed by atoms with Crippen molar-refractivity contribution in [2.24, 2.45) is 0 Å². The van der Waals surface area contributed by atoms with Crippen molar-refractivity contribution < 1.29 is 9.53 Å². The number of benzene rings is 1. The third-order valence-corrected chi connectivity index (χ3v) is 4.53. The van der Waals surface area contributed by atoms with Crippen molar-refractivity contribution in [3.8, 4) is 11.1 Å². The molecule has 2 aromatic heterocycles. The van der Waals surface area contributed by atoms with Gasteiger partial charge in [0.05, 0.1) is 25.3 Å². The molecule has 0 saturated carbocycles. The third kappa shape index (κ3) is 4.27. The van der Waals surface area contributed by atoms with E-state index in [1.165, 1.54) is 0 Å². The summed E-state index contributed by atoms with van der Waals surface area (Å²) in [6.45, 7) is 5.22. The van der Waals surface area contributed by atoms with Gasteiger partial charge in [-0.1, -0.05) is 6.07 Å². The van der Waals surface area contributed by atoms with Gasteiger partial charge < -0.3 is 10.1 Å². The molecule has 1 aliphatic rings. The fraction of sp³-hybridized carbons (Fsp3) is 0.300. The zero-order valence-electron chi connectivity index (χ0n) is 15.2. The maximum absolute atomic E-state index is 12.3. The van der Waals surface area contributed by atoms with Crippen LogP contribution in [0.5, 0.6) is 0 Å². The minimum absolute atomic E-state index is 0.0930. The topological polar surface area (TPSA) is 80.2 Å². The van der Waals surface area contributed by atoms with Crippen LogP contribution in [0.2, 0.25) is 0 Å². The zero-order valence-corrected chi connectivity index (χ0v) is 15.2. The number of amides is 1. The van der Waals surface area contributed by atoms with Gasteiger partial charge in [0.15, 0.2) is 5.82 Å². The Bertz CT molecular complexity index is 969. The Morgan fingerprint density at radius 3 is 2.78 bits per heavy atom. The summed E-state index contributed by atoms with van der Waals surface area (Å²) in [5.74, 6) is 0.366. The second kappa shape index (κ2) is 7.77. The number of aryl methyl sites for hydroxylation is 1. The Morgan fingerprint density at radius 2 is 1.96 bits per heavy atom. The van der Waals surface area contributed by atoms with Crippen LogP contribution in [0.3, 0.4) is 0 Å². The lowest BCUT2D eigenvalue weighted by Gasteiger charge is -2.25. The van der Waals surface area contributed by atoms with Gasteiger partial charge in [0, 0.05) is 36.4 Å². The molecule has 0 bridgehead atoms. The first-order valence-corrected chi connectivity index (χ1v) is 8.97. The molecule has 7 nitrogen and oxygen atoms in total. The number of anilines is 1. The second-order valence-corrected chi connectivity index (χ2v) is 6.69. The molecule has 1 N–H and O–H groups in total. The van der Waals surface area contributed by atoms with Crippen molar-refractivity contribution in [1.82, 2.24) is 20.1 Å². The van der Waals surface area contributed by atoms with E-state index in [0.717, 1.165) is 40.7 Å². The number of carbonyl (C=O) groups is 1. The lowest BCUT2D eigenvalue weighted by atomic mass is 10.0. The molecular weight excluding hydrogens is 342 g/mol. The van der Waals surface area contributed by atoms with Crippen molar-refractivity contribution in [1.29, 1.82) is 0 Å². The Morgan fingerprint density at radius 1 is 1.11 bits per heavy atom. The van der Waals surface area contributed by atoms with Gasteiger partial charge in [0.2, 0.25) is 5.91 Å². The number of carbonyl (C=O) groups excluding carboxylic acids is 1. The Hall–Kier alpha value is -2.90. The second-order valence-electron chi connectivity index (χ2n) is 6.69. The van der Waals surface area contributed by atoms with Gasteiger partial charge in [0.1, 0.15) is 0 Å². The predicted molar refractivity (Wildman–Crippen MR) is 103 cm³/mol. The number of pyridine rings is 1. The van der Waals surface area contributed by atoms with Crippen LogP contribution < -0.4 is 5.32 Å². The highest BCUT2D eigenvalue weighted by molar-refractivity contribution is 5.93. The monoisotopic (exact) mass is 363 g/mol. The summed E-state index contributed by atoms with van der Waals surface area (Å²) >= 11 is 0. The average Bonchev–Trinajstić information content (AvgIpc) is 2.68. The highest BCUT2D eigenvalue weighted by Crippen LogP contribution is 2.24. The van der Waals surface area contributed by atoms with Gasteiger partial charge in [-0.15, -0.1) is 10.2 Å². The molecule has 0 aliphatic carbocycles. The van der Waals surface area contributed by atoms with Gasteiger partial charge in [-0.25, -0.2) is 0 Å². The van der Waals surface area contributed by atoms with Gasteiger partial charge >= 0.3 is 0 Å². The van der Waals surface area contributed by atoms with Gasteiger partial charge in [0.25, 0.3) is 0 Å². The van der Waals surface area contributed by atoms with E-state index in [9.17, 15) is 4.79 Å². The van der Waals surface area contributed by atoms with E-state index in [0.29, 0.717) is 25.6 Å². The minimum atomic E-state index is -0.0930. The smallest absolute Gasteiger partial charge is 0.239 e. The molecule has 0 spiro atoms. The Balaban J connectivity index is 1.53. The highest BCUT2D eigenvalue weighted by atomic mass is 16.5. The number of aromatic nitrogens is 3. The molecule has 1 saturated heterocycles. The molecule has 1 aliphatic heterocycles. The van der Waals surface area contributed by atoms with E-state index < -0.39 is 0 Å². The summed E-state index contributed by atoms with van der Waals surface area (Å²) in [5.41, 5.74) is 3.99. The molecule has 0 radical (unpaired) electrons. The molecule has 7 heteroatoms. The summed E-state index contributed by atoms with van der Waals surface area (Å²) in [6.07, 6.45) is 3.67. The first-order valence-electron chi connectivity index (χ1n) is 8.97. The molecule has 27 heavy (non-hydrogen) atoms. The van der Waals surface area contributed by atoms with Crippen LogP contribution in [-0.2, 0) is 9.53 Å². The van der Waals surface area contributed by atoms with Crippen LogP contribution in [0.1, 0.15) is 5.56 Å². The van der Waals surface area contributed by atoms with Crippen LogP contribution in [-0.4, -0.2) is 58.8 Å². The van der Waals surface area contributed by atoms with E-state index in [1.54, 1.807) is 0 Å². The fourth-order valence-electron chi connectivity index (χ4n) is 3.14. The van der Waals surface area contributed by atoms with E-state index in [1.807, 2.05) is 43.6 Å². The largest absolute Gasteiger partial charge is 0.379 e. The maximum atomic E-state index is 12.3. The lowest BCUT2D eigenvalue weighted by molar-refractivity contribution is -0.118. The number of morpholine rings is 1. The van der Waals surface area contributed by atoms with Crippen LogP contribution in [0.15, 0.2) is 42.7 Å². The van der Waals surface area contributed by atoms with E-state index in [4.69, 9.17) is 4.74 Å². The van der Waals surface area contributed by atoms with Crippen LogP contribution in [0.4, 0.5) is 5.82 Å². The van der Waals surface area contributed by atoms with Gasteiger partial charge in [-0.05, 0) is 42.3 Å². The first kappa shape index (κ1) is 17.5. The van der Waals surface area contributed by atoms with Crippen molar-refractivity contribution in [3.05, 3.63) is 48.3 Å². The van der Waals surface area contributed by atoms with Gasteiger partial charge in [-0.3, -0.25) is 14.7 Å². The van der Waals surface area contributed by atoms with Crippen molar-refractivity contribution in [2.75, 3.05) is 38.2 Å². The SMILES string of the molecule is Cc1cncc(-c2ccc3nnc(NC(=O)CN4CCOCC4)cc3c2)c1. The maximum Gasteiger partial charge on any atom is 0.239 e. The fourth-order valence-corrected chi connectivity index (χ4v) is 3.14. The predicted octanol–water partition coefficient (Wildman–Crippen LogP) is 2.27. The third-order valence-electron chi connectivity index (χ3n) is 4.53. The number of hydrogen-bond donors (Lipinski definition) is 1. The summed E-state index contributed by atoms with van der Waals surface area (Å²) in [6, 6.07) is 9.92. The Labute approximate surface area is 157 Å². The summed E-state index contributed by atoms with van der Waals surface area (Å²) in [5, 5.41) is 12.1. The van der Waals surface area contributed by atoms with Crippen molar-refractivity contribution in [3.63, 3.8) is 0 Å². The molecule has 1 fully saturated rings. The van der Waals surface area contributed by atoms with E-state index >= 15 is 0 Å². The molecule has 1 aromatic carbocycles. The molecular formula is C20H21N5O2. The molecule has 4 rings (SSSR count). The summed E-state index contributed by atoms with van der Waals surface area (Å²) < 4.78 is 5.30. The molecule has 3 heterocycles. The van der Waals surface area contributed by atoms with Crippen LogP contribution >= 0.6 is 0 Å². The van der Waals surface area contributed by atoms with Crippen LogP contribution in [0, 0.1) is 6.92 Å². The number of ether oxygens (including phenoxy) is 1. The quantitative estimate of drug-likeness (QED) is 0.766. The molecule has 1 amide bonds. The Kier molecular flexibility index (Phi) is 5.04. The normalized spacial score (nSPS) is 15.0. The minimum Gasteiger partial charge on any atom is -0.379 e. The van der Waals surface area contributed by atoms with Crippen molar-refractivity contribution in [2.45, 2.75) is 6.92 Å². The van der Waals surface area contributed by atoms with Crippen LogP contribution in [0.25, 0.3) is 22.0 Å². The lowest BCUT2D eigenvalue weighted by Crippen LogP contribution is -2.41. The van der Waals surface area contributed by atoms with Crippen molar-refractivity contribution >= 4 is 22.6 Å². The molecule has 0 atom stereocenters. The van der Waals surface area contributed by atoms with E-state index in [-0.39, 0.29) is 5.91 Å². The first-order chi connectivity index (χ1) is 13.2. The number of fused-ring (bicyclic) bond motifs is 1. The average molecular weight is 363 g/mol. The zero-order chi connectivity index (χ0) is 18.6. The summed E-state index contributed by atoms with van der Waals surface area (Å²) in [7, 11) is 0. The van der Waals surface area contributed by atoms with Gasteiger partial charge in [-0.2, -0.15) is 0 Å². The molecule has 138 valence electrons. The number of nitrogens with one attached hydrogen (secondary N) is 1. The number of hydrogen-bond acceptors (Lipinski definition) is 6. The number of rotatable bonds is 4. The highest BCUT2D eigenvalue weighted by Gasteiger charge is 2.15. The van der Waals surface area contributed by atoms with E-state index in [2.05, 4.69) is 31.5 Å². The number of nitrogens with zero attached hydrogens (tertiary/aromatic N) is 4. The summed E-state index contributed by atoms with van der Waals surface area (Å²) in [4.78, 5) is 18.6. The molecule has 0 unspecified atom stereocenters. The molecule has 3 aromatic rings. The standard InChI is InChI=1S/C20H21N5O2/c1-14-8-17(12-21-11-14)15-2-3-18-16(9-15)10-19(24-23-18)22-20(26)13-25-4-6-27-7-5-25/h2-3,8-12H,4-7,13H2,1H3,(H,22,24,26).